The SMILES string of the molecule is Cc1cnc(C(Cc2cccc3ccccc23)NN)nc1. The summed E-state index contributed by atoms with van der Waals surface area (Å²) >= 11 is 0. The summed E-state index contributed by atoms with van der Waals surface area (Å²) in [5, 5.41) is 2.47. The van der Waals surface area contributed by atoms with E-state index in [-0.39, 0.29) is 6.04 Å². The molecule has 0 fully saturated rings. The molecule has 0 amide bonds. The van der Waals surface area contributed by atoms with Crippen LogP contribution in [-0.2, 0) is 6.42 Å². The minimum Gasteiger partial charge on any atom is -0.271 e. The number of benzene rings is 2. The van der Waals surface area contributed by atoms with Gasteiger partial charge >= 0.3 is 0 Å². The maximum Gasteiger partial charge on any atom is 0.146 e. The smallest absolute Gasteiger partial charge is 0.146 e. The van der Waals surface area contributed by atoms with Crippen LogP contribution in [0.2, 0.25) is 0 Å². The number of aryl methyl sites for hydroxylation is 1. The Hall–Kier alpha value is -2.30. The standard InChI is InChI=1S/C17H18N4/c1-12-10-19-17(20-11-12)16(21-18)9-14-7-4-6-13-5-2-3-8-15(13)14/h2-8,10-11,16,21H,9,18H2,1H3. The molecule has 3 N–H and O–H groups in total. The van der Waals surface area contributed by atoms with Gasteiger partial charge in [-0.05, 0) is 35.2 Å². The van der Waals surface area contributed by atoms with Gasteiger partial charge in [-0.25, -0.2) is 15.4 Å². The van der Waals surface area contributed by atoms with E-state index in [0.29, 0.717) is 0 Å². The van der Waals surface area contributed by atoms with Gasteiger partial charge in [-0.3, -0.25) is 5.84 Å². The number of aromatic nitrogens is 2. The molecule has 3 rings (SSSR count). The van der Waals surface area contributed by atoms with E-state index >= 15 is 0 Å². The van der Waals surface area contributed by atoms with Crippen LogP contribution in [0.25, 0.3) is 10.8 Å². The number of rotatable bonds is 4. The highest BCUT2D eigenvalue weighted by atomic mass is 15.2. The van der Waals surface area contributed by atoms with E-state index in [1.54, 1.807) is 0 Å². The molecule has 1 aromatic heterocycles. The van der Waals surface area contributed by atoms with E-state index < -0.39 is 0 Å². The first-order valence-electron chi connectivity index (χ1n) is 6.99. The van der Waals surface area contributed by atoms with Crippen LogP contribution in [0.4, 0.5) is 0 Å². The minimum absolute atomic E-state index is 0.101. The lowest BCUT2D eigenvalue weighted by atomic mass is 9.98. The van der Waals surface area contributed by atoms with Crippen molar-refractivity contribution in [1.82, 2.24) is 15.4 Å². The maximum absolute atomic E-state index is 5.70. The summed E-state index contributed by atoms with van der Waals surface area (Å²) in [7, 11) is 0. The second-order valence-corrected chi connectivity index (χ2v) is 5.18. The Morgan fingerprint density at radius 3 is 2.52 bits per heavy atom. The molecule has 4 nitrogen and oxygen atoms in total. The quantitative estimate of drug-likeness (QED) is 0.569. The van der Waals surface area contributed by atoms with Crippen molar-refractivity contribution in [2.45, 2.75) is 19.4 Å². The molecule has 3 aromatic rings. The van der Waals surface area contributed by atoms with Crippen molar-refractivity contribution in [3.05, 3.63) is 71.8 Å². The average molecular weight is 278 g/mol. The minimum atomic E-state index is -0.101. The lowest BCUT2D eigenvalue weighted by Gasteiger charge is -2.16. The van der Waals surface area contributed by atoms with Gasteiger partial charge < -0.3 is 0 Å². The van der Waals surface area contributed by atoms with E-state index in [9.17, 15) is 0 Å². The van der Waals surface area contributed by atoms with Gasteiger partial charge in [-0.1, -0.05) is 42.5 Å². The van der Waals surface area contributed by atoms with E-state index in [4.69, 9.17) is 5.84 Å². The molecular formula is C17H18N4. The van der Waals surface area contributed by atoms with E-state index in [1.165, 1.54) is 16.3 Å². The van der Waals surface area contributed by atoms with E-state index in [0.717, 1.165) is 17.8 Å². The van der Waals surface area contributed by atoms with Crippen molar-refractivity contribution >= 4 is 10.8 Å². The predicted molar refractivity (Wildman–Crippen MR) is 84.5 cm³/mol. The van der Waals surface area contributed by atoms with Gasteiger partial charge in [0.05, 0.1) is 6.04 Å². The second kappa shape index (κ2) is 5.99. The van der Waals surface area contributed by atoms with Crippen molar-refractivity contribution < 1.29 is 0 Å². The molecule has 0 aliphatic carbocycles. The number of fused-ring (bicyclic) bond motifs is 1. The third-order valence-corrected chi connectivity index (χ3v) is 3.62. The number of nitrogens with two attached hydrogens (primary N) is 1. The van der Waals surface area contributed by atoms with Gasteiger partial charge in [0.1, 0.15) is 5.82 Å². The topological polar surface area (TPSA) is 63.8 Å². The van der Waals surface area contributed by atoms with Crippen LogP contribution in [0.15, 0.2) is 54.9 Å². The lowest BCUT2D eigenvalue weighted by molar-refractivity contribution is 0.523. The monoisotopic (exact) mass is 278 g/mol. The normalized spacial score (nSPS) is 12.5. The molecular weight excluding hydrogens is 260 g/mol. The van der Waals surface area contributed by atoms with Crippen LogP contribution in [0.5, 0.6) is 0 Å². The van der Waals surface area contributed by atoms with Crippen LogP contribution >= 0.6 is 0 Å². The maximum atomic E-state index is 5.70. The third-order valence-electron chi connectivity index (χ3n) is 3.62. The molecule has 21 heavy (non-hydrogen) atoms. The molecule has 1 unspecified atom stereocenters. The fourth-order valence-corrected chi connectivity index (χ4v) is 2.50. The fraction of sp³-hybridized carbons (Fsp3) is 0.176. The second-order valence-electron chi connectivity index (χ2n) is 5.18. The van der Waals surface area contributed by atoms with Crippen molar-refractivity contribution in [2.75, 3.05) is 0 Å². The number of nitrogens with zero attached hydrogens (tertiary/aromatic N) is 2. The first-order valence-corrected chi connectivity index (χ1v) is 6.99. The fourth-order valence-electron chi connectivity index (χ4n) is 2.50. The Kier molecular flexibility index (Phi) is 3.90. The molecule has 4 heteroatoms. The summed E-state index contributed by atoms with van der Waals surface area (Å²) in [5.41, 5.74) is 5.10. The lowest BCUT2D eigenvalue weighted by Crippen LogP contribution is -2.31. The molecule has 1 atom stereocenters. The molecule has 1 heterocycles. The molecule has 0 aliphatic heterocycles. The van der Waals surface area contributed by atoms with Crippen molar-refractivity contribution in [3.8, 4) is 0 Å². The average Bonchev–Trinajstić information content (AvgIpc) is 2.54. The zero-order valence-electron chi connectivity index (χ0n) is 12.0. The van der Waals surface area contributed by atoms with Gasteiger partial charge in [-0.2, -0.15) is 0 Å². The van der Waals surface area contributed by atoms with Gasteiger partial charge in [0.2, 0.25) is 0 Å². The van der Waals surface area contributed by atoms with Crippen molar-refractivity contribution in [3.63, 3.8) is 0 Å². The first-order chi connectivity index (χ1) is 10.3. The van der Waals surface area contributed by atoms with Gasteiger partial charge in [0, 0.05) is 12.4 Å². The zero-order valence-corrected chi connectivity index (χ0v) is 12.0. The highest BCUT2D eigenvalue weighted by Crippen LogP contribution is 2.23. The number of hydrogen-bond acceptors (Lipinski definition) is 4. The summed E-state index contributed by atoms with van der Waals surface area (Å²) in [4.78, 5) is 8.74. The number of nitrogens with one attached hydrogen (secondary N) is 1. The van der Waals surface area contributed by atoms with Crippen LogP contribution in [-0.4, -0.2) is 9.97 Å². The zero-order chi connectivity index (χ0) is 14.7. The molecule has 2 aromatic carbocycles. The highest BCUT2D eigenvalue weighted by Gasteiger charge is 2.14. The third kappa shape index (κ3) is 2.91. The molecule has 0 bridgehead atoms. The number of hydrazine groups is 1. The number of hydrogen-bond donors (Lipinski definition) is 2. The Labute approximate surface area is 124 Å². The van der Waals surface area contributed by atoms with E-state index in [2.05, 4.69) is 51.8 Å². The summed E-state index contributed by atoms with van der Waals surface area (Å²) in [6.45, 7) is 1.97. The largest absolute Gasteiger partial charge is 0.271 e. The Morgan fingerprint density at radius 2 is 1.76 bits per heavy atom. The van der Waals surface area contributed by atoms with Crippen molar-refractivity contribution in [2.24, 2.45) is 5.84 Å². The van der Waals surface area contributed by atoms with Gasteiger partial charge in [0.25, 0.3) is 0 Å². The summed E-state index contributed by atoms with van der Waals surface area (Å²) in [6, 6.07) is 14.6. The summed E-state index contributed by atoms with van der Waals surface area (Å²) in [6.07, 6.45) is 4.38. The van der Waals surface area contributed by atoms with Crippen LogP contribution in [0, 0.1) is 6.92 Å². The van der Waals surface area contributed by atoms with Crippen LogP contribution in [0.1, 0.15) is 23.0 Å². The van der Waals surface area contributed by atoms with Crippen LogP contribution < -0.4 is 11.3 Å². The summed E-state index contributed by atoms with van der Waals surface area (Å²) in [5.74, 6) is 6.42. The van der Waals surface area contributed by atoms with Gasteiger partial charge in [-0.15, -0.1) is 0 Å². The first kappa shape index (κ1) is 13.7. The Balaban J connectivity index is 1.94. The van der Waals surface area contributed by atoms with Crippen LogP contribution in [0.3, 0.4) is 0 Å². The molecule has 0 aliphatic rings. The molecule has 0 saturated heterocycles. The molecule has 106 valence electrons. The summed E-state index contributed by atoms with van der Waals surface area (Å²) < 4.78 is 0. The van der Waals surface area contributed by atoms with E-state index in [1.807, 2.05) is 25.4 Å². The highest BCUT2D eigenvalue weighted by molar-refractivity contribution is 5.85. The Morgan fingerprint density at radius 1 is 1.05 bits per heavy atom. The van der Waals surface area contributed by atoms with Gasteiger partial charge in [0.15, 0.2) is 0 Å². The van der Waals surface area contributed by atoms with Crippen molar-refractivity contribution in [1.29, 1.82) is 0 Å². The molecule has 0 spiro atoms. The predicted octanol–water partition coefficient (Wildman–Crippen LogP) is 2.69. The molecule has 0 radical (unpaired) electrons. The molecule has 0 saturated carbocycles. The Bertz CT molecular complexity index is 732.